The van der Waals surface area contributed by atoms with Crippen molar-refractivity contribution >= 4 is 34.5 Å². The van der Waals surface area contributed by atoms with Crippen LogP contribution >= 0.6 is 11.6 Å². The average Bonchev–Trinajstić information content (AvgIpc) is 3.07. The maximum absolute atomic E-state index is 12.8. The maximum Gasteiger partial charge on any atom is 0.346 e. The predicted molar refractivity (Wildman–Crippen MR) is 96.1 cm³/mol. The van der Waals surface area contributed by atoms with Crippen molar-refractivity contribution in [1.29, 1.82) is 0 Å². The molecule has 8 heteroatoms. The summed E-state index contributed by atoms with van der Waals surface area (Å²) in [6, 6.07) is 9.29. The molecule has 4 rings (SSSR count). The number of rotatable bonds is 1. The highest BCUT2D eigenvalue weighted by atomic mass is 35.5. The summed E-state index contributed by atoms with van der Waals surface area (Å²) >= 11 is 6.12. The minimum Gasteiger partial charge on any atom is -0.368 e. The lowest BCUT2D eigenvalue weighted by molar-refractivity contribution is 0.193. The number of aryl methyl sites for hydroxylation is 1. The standard InChI is InChI=1S/C17H17ClN6O/c1-12-4-5-13(18)11-15(12)22-7-9-23(10-8-22)17(25)24-14-3-2-6-19-16(14)20-21-24/h2-6,11H,7-10H2,1H3. The molecule has 0 atom stereocenters. The van der Waals surface area contributed by atoms with Gasteiger partial charge in [0.25, 0.3) is 0 Å². The van der Waals surface area contributed by atoms with Crippen molar-refractivity contribution in [3.05, 3.63) is 47.1 Å². The third-order valence-corrected chi connectivity index (χ3v) is 4.70. The summed E-state index contributed by atoms with van der Waals surface area (Å²) in [5.74, 6) is 0. The van der Waals surface area contributed by atoms with Crippen LogP contribution in [0.5, 0.6) is 0 Å². The van der Waals surface area contributed by atoms with E-state index in [1.165, 1.54) is 10.2 Å². The highest BCUT2D eigenvalue weighted by Gasteiger charge is 2.25. The highest BCUT2D eigenvalue weighted by Crippen LogP contribution is 2.25. The first-order valence-corrected chi connectivity index (χ1v) is 8.48. The van der Waals surface area contributed by atoms with Crippen LogP contribution in [0.1, 0.15) is 5.56 Å². The molecule has 0 radical (unpaired) electrons. The first kappa shape index (κ1) is 15.8. The number of hydrogen-bond acceptors (Lipinski definition) is 5. The van der Waals surface area contributed by atoms with Crippen LogP contribution < -0.4 is 4.90 Å². The Labute approximate surface area is 149 Å². The topological polar surface area (TPSA) is 67.2 Å². The van der Waals surface area contributed by atoms with Crippen molar-refractivity contribution in [3.8, 4) is 0 Å². The molecular formula is C17H17ClN6O. The number of anilines is 1. The normalized spacial score (nSPS) is 15.0. The summed E-state index contributed by atoms with van der Waals surface area (Å²) in [6.07, 6.45) is 1.64. The van der Waals surface area contributed by atoms with Gasteiger partial charge < -0.3 is 9.80 Å². The maximum atomic E-state index is 12.8. The molecule has 0 bridgehead atoms. The number of carbonyl (C=O) groups is 1. The Bertz CT molecular complexity index is 932. The van der Waals surface area contributed by atoms with Gasteiger partial charge in [-0.1, -0.05) is 22.9 Å². The number of hydrogen-bond donors (Lipinski definition) is 0. The SMILES string of the molecule is Cc1ccc(Cl)cc1N1CCN(C(=O)n2nnc3ncccc32)CC1. The van der Waals surface area contributed by atoms with Crippen molar-refractivity contribution in [2.45, 2.75) is 6.92 Å². The molecule has 1 aliphatic rings. The van der Waals surface area contributed by atoms with Crippen molar-refractivity contribution in [1.82, 2.24) is 24.9 Å². The lowest BCUT2D eigenvalue weighted by Gasteiger charge is -2.36. The summed E-state index contributed by atoms with van der Waals surface area (Å²) in [4.78, 5) is 20.9. The van der Waals surface area contributed by atoms with Gasteiger partial charge in [0.2, 0.25) is 5.65 Å². The Kier molecular flexibility index (Phi) is 4.01. The van der Waals surface area contributed by atoms with Gasteiger partial charge in [0.1, 0.15) is 5.52 Å². The van der Waals surface area contributed by atoms with Crippen LogP contribution in [-0.4, -0.2) is 57.1 Å². The fourth-order valence-electron chi connectivity index (χ4n) is 3.10. The second kappa shape index (κ2) is 6.33. The zero-order valence-electron chi connectivity index (χ0n) is 13.8. The van der Waals surface area contributed by atoms with E-state index < -0.39 is 0 Å². The van der Waals surface area contributed by atoms with Crippen LogP contribution in [0.4, 0.5) is 10.5 Å². The van der Waals surface area contributed by atoms with Gasteiger partial charge in [-0.05, 0) is 36.8 Å². The Morgan fingerprint density at radius 1 is 1.16 bits per heavy atom. The zero-order valence-corrected chi connectivity index (χ0v) is 14.5. The lowest BCUT2D eigenvalue weighted by Crippen LogP contribution is -2.50. The van der Waals surface area contributed by atoms with Gasteiger partial charge >= 0.3 is 6.03 Å². The minimum absolute atomic E-state index is 0.169. The molecule has 2 aromatic heterocycles. The summed E-state index contributed by atoms with van der Waals surface area (Å²) in [5.41, 5.74) is 3.40. The molecule has 1 aliphatic heterocycles. The quantitative estimate of drug-likeness (QED) is 0.670. The Balaban J connectivity index is 1.50. The summed E-state index contributed by atoms with van der Waals surface area (Å²) in [5, 5.41) is 8.63. The molecule has 0 saturated carbocycles. The van der Waals surface area contributed by atoms with Crippen molar-refractivity contribution in [2.75, 3.05) is 31.1 Å². The molecule has 0 N–H and O–H groups in total. The van der Waals surface area contributed by atoms with E-state index in [-0.39, 0.29) is 6.03 Å². The van der Waals surface area contributed by atoms with Crippen LogP contribution in [0.25, 0.3) is 11.2 Å². The van der Waals surface area contributed by atoms with Crippen molar-refractivity contribution < 1.29 is 4.79 Å². The molecule has 0 unspecified atom stereocenters. The number of benzene rings is 1. The number of nitrogens with zero attached hydrogens (tertiary/aromatic N) is 6. The molecule has 1 saturated heterocycles. The molecule has 1 aromatic carbocycles. The van der Waals surface area contributed by atoms with E-state index >= 15 is 0 Å². The Morgan fingerprint density at radius 2 is 1.96 bits per heavy atom. The van der Waals surface area contributed by atoms with Gasteiger partial charge in [0, 0.05) is 43.1 Å². The number of piperazine rings is 1. The van der Waals surface area contributed by atoms with Gasteiger partial charge in [0.05, 0.1) is 0 Å². The fourth-order valence-corrected chi connectivity index (χ4v) is 3.27. The summed E-state index contributed by atoms with van der Waals surface area (Å²) in [6.45, 7) is 4.80. The van der Waals surface area contributed by atoms with Gasteiger partial charge in [-0.25, -0.2) is 9.78 Å². The van der Waals surface area contributed by atoms with E-state index in [2.05, 4.69) is 27.1 Å². The van der Waals surface area contributed by atoms with Crippen LogP contribution in [-0.2, 0) is 0 Å². The Hall–Kier alpha value is -2.67. The number of fused-ring (bicyclic) bond motifs is 1. The first-order chi connectivity index (χ1) is 12.1. The molecule has 7 nitrogen and oxygen atoms in total. The average molecular weight is 357 g/mol. The molecule has 3 heterocycles. The second-order valence-electron chi connectivity index (χ2n) is 6.03. The molecule has 1 fully saturated rings. The van der Waals surface area contributed by atoms with E-state index in [1.54, 1.807) is 23.2 Å². The third-order valence-electron chi connectivity index (χ3n) is 4.47. The molecule has 0 spiro atoms. The summed E-state index contributed by atoms with van der Waals surface area (Å²) < 4.78 is 1.32. The third kappa shape index (κ3) is 2.91. The minimum atomic E-state index is -0.169. The molecule has 128 valence electrons. The van der Waals surface area contributed by atoms with E-state index in [9.17, 15) is 4.79 Å². The van der Waals surface area contributed by atoms with Crippen LogP contribution in [0.2, 0.25) is 5.02 Å². The smallest absolute Gasteiger partial charge is 0.346 e. The summed E-state index contributed by atoms with van der Waals surface area (Å²) in [7, 11) is 0. The van der Waals surface area contributed by atoms with Crippen LogP contribution in [0.3, 0.4) is 0 Å². The Morgan fingerprint density at radius 3 is 2.76 bits per heavy atom. The van der Waals surface area contributed by atoms with Crippen LogP contribution in [0, 0.1) is 6.92 Å². The van der Waals surface area contributed by atoms with E-state index in [1.807, 2.05) is 18.2 Å². The number of carbonyl (C=O) groups excluding carboxylic acids is 1. The zero-order chi connectivity index (χ0) is 17.4. The van der Waals surface area contributed by atoms with E-state index in [4.69, 9.17) is 11.6 Å². The molecule has 3 aromatic rings. The number of aromatic nitrogens is 4. The van der Waals surface area contributed by atoms with Crippen molar-refractivity contribution in [3.63, 3.8) is 0 Å². The van der Waals surface area contributed by atoms with Gasteiger partial charge in [-0.2, -0.15) is 4.68 Å². The second-order valence-corrected chi connectivity index (χ2v) is 6.47. The molecular weight excluding hydrogens is 340 g/mol. The number of pyridine rings is 1. The van der Waals surface area contributed by atoms with Gasteiger partial charge in [0.15, 0.2) is 0 Å². The number of halogens is 1. The number of amides is 1. The van der Waals surface area contributed by atoms with E-state index in [0.717, 1.165) is 23.8 Å². The van der Waals surface area contributed by atoms with E-state index in [0.29, 0.717) is 24.3 Å². The largest absolute Gasteiger partial charge is 0.368 e. The monoisotopic (exact) mass is 356 g/mol. The lowest BCUT2D eigenvalue weighted by atomic mass is 10.1. The van der Waals surface area contributed by atoms with Crippen molar-refractivity contribution in [2.24, 2.45) is 0 Å². The van der Waals surface area contributed by atoms with Crippen LogP contribution in [0.15, 0.2) is 36.5 Å². The first-order valence-electron chi connectivity index (χ1n) is 8.10. The highest BCUT2D eigenvalue weighted by molar-refractivity contribution is 6.30. The van der Waals surface area contributed by atoms with Gasteiger partial charge in [-0.3, -0.25) is 0 Å². The fraction of sp³-hybridized carbons (Fsp3) is 0.294. The molecule has 1 amide bonds. The van der Waals surface area contributed by atoms with Gasteiger partial charge in [-0.15, -0.1) is 5.10 Å². The molecule has 0 aliphatic carbocycles. The predicted octanol–water partition coefficient (Wildman–Crippen LogP) is 2.58. The molecule has 25 heavy (non-hydrogen) atoms.